The molecule has 1 unspecified atom stereocenters. The standard InChI is InChI=1S/C15H21NO3/c17-15(18)16-9-8-13(11-16)7-4-10-19-12-14-5-2-1-3-6-14/h1-3,5-6,13H,4,7-12H2,(H,17,18). The molecule has 1 N–H and O–H groups in total. The molecule has 1 amide bonds. The van der Waals surface area contributed by atoms with Crippen LogP contribution in [0, 0.1) is 5.92 Å². The third kappa shape index (κ3) is 4.56. The molecule has 0 radical (unpaired) electrons. The highest BCUT2D eigenvalue weighted by atomic mass is 16.5. The molecule has 2 rings (SSSR count). The van der Waals surface area contributed by atoms with Crippen LogP contribution in [0.2, 0.25) is 0 Å². The van der Waals surface area contributed by atoms with Gasteiger partial charge in [0.05, 0.1) is 6.61 Å². The van der Waals surface area contributed by atoms with E-state index in [4.69, 9.17) is 9.84 Å². The summed E-state index contributed by atoms with van der Waals surface area (Å²) in [4.78, 5) is 12.3. The van der Waals surface area contributed by atoms with Crippen molar-refractivity contribution in [1.29, 1.82) is 0 Å². The summed E-state index contributed by atoms with van der Waals surface area (Å²) < 4.78 is 5.62. The number of hydrogen-bond donors (Lipinski definition) is 1. The van der Waals surface area contributed by atoms with Crippen LogP contribution in [-0.2, 0) is 11.3 Å². The zero-order valence-electron chi connectivity index (χ0n) is 11.1. The van der Waals surface area contributed by atoms with Gasteiger partial charge >= 0.3 is 6.09 Å². The molecule has 0 spiro atoms. The second kappa shape index (κ2) is 7.14. The van der Waals surface area contributed by atoms with Gasteiger partial charge in [0.1, 0.15) is 0 Å². The fourth-order valence-electron chi connectivity index (χ4n) is 2.48. The Morgan fingerprint density at radius 2 is 2.16 bits per heavy atom. The fourth-order valence-corrected chi connectivity index (χ4v) is 2.48. The Balaban J connectivity index is 1.54. The molecule has 1 atom stereocenters. The maximum Gasteiger partial charge on any atom is 0.407 e. The monoisotopic (exact) mass is 263 g/mol. The Morgan fingerprint density at radius 1 is 1.37 bits per heavy atom. The van der Waals surface area contributed by atoms with Crippen LogP contribution in [0.3, 0.4) is 0 Å². The third-order valence-electron chi connectivity index (χ3n) is 3.57. The van der Waals surface area contributed by atoms with Crippen molar-refractivity contribution in [3.05, 3.63) is 35.9 Å². The van der Waals surface area contributed by atoms with Crippen LogP contribution in [0.4, 0.5) is 4.79 Å². The molecule has 1 heterocycles. The summed E-state index contributed by atoms with van der Waals surface area (Å²) in [5.74, 6) is 0.511. The highest BCUT2D eigenvalue weighted by molar-refractivity contribution is 5.65. The number of carbonyl (C=O) groups is 1. The average molecular weight is 263 g/mol. The van der Waals surface area contributed by atoms with Gasteiger partial charge in [0, 0.05) is 19.7 Å². The van der Waals surface area contributed by atoms with Gasteiger partial charge in [-0.2, -0.15) is 0 Å². The Kier molecular flexibility index (Phi) is 5.21. The zero-order chi connectivity index (χ0) is 13.5. The Labute approximate surface area is 114 Å². The second-order valence-corrected chi connectivity index (χ2v) is 5.06. The summed E-state index contributed by atoms with van der Waals surface area (Å²) in [6.45, 7) is 2.78. The first-order valence-electron chi connectivity index (χ1n) is 6.85. The van der Waals surface area contributed by atoms with Crippen molar-refractivity contribution in [2.45, 2.75) is 25.9 Å². The third-order valence-corrected chi connectivity index (χ3v) is 3.57. The van der Waals surface area contributed by atoms with E-state index in [-0.39, 0.29) is 0 Å². The minimum atomic E-state index is -0.789. The van der Waals surface area contributed by atoms with Crippen LogP contribution in [0.15, 0.2) is 30.3 Å². The van der Waals surface area contributed by atoms with Gasteiger partial charge in [0.25, 0.3) is 0 Å². The SMILES string of the molecule is O=C(O)N1CCC(CCCOCc2ccccc2)C1. The lowest BCUT2D eigenvalue weighted by molar-refractivity contribution is 0.113. The number of likely N-dealkylation sites (tertiary alicyclic amines) is 1. The normalized spacial score (nSPS) is 18.7. The fraction of sp³-hybridized carbons (Fsp3) is 0.533. The Hall–Kier alpha value is -1.55. The maximum atomic E-state index is 10.8. The summed E-state index contributed by atoms with van der Waals surface area (Å²) in [6, 6.07) is 10.1. The number of ether oxygens (including phenoxy) is 1. The van der Waals surface area contributed by atoms with Crippen LogP contribution in [-0.4, -0.2) is 35.8 Å². The van der Waals surface area contributed by atoms with E-state index >= 15 is 0 Å². The highest BCUT2D eigenvalue weighted by Crippen LogP contribution is 2.20. The first-order valence-corrected chi connectivity index (χ1v) is 6.85. The van der Waals surface area contributed by atoms with Crippen LogP contribution in [0.1, 0.15) is 24.8 Å². The van der Waals surface area contributed by atoms with Crippen LogP contribution in [0.25, 0.3) is 0 Å². The minimum Gasteiger partial charge on any atom is -0.465 e. The van der Waals surface area contributed by atoms with Crippen molar-refractivity contribution >= 4 is 6.09 Å². The zero-order valence-corrected chi connectivity index (χ0v) is 11.1. The quantitative estimate of drug-likeness (QED) is 0.803. The van der Waals surface area contributed by atoms with Crippen LogP contribution >= 0.6 is 0 Å². The van der Waals surface area contributed by atoms with E-state index in [0.717, 1.165) is 25.9 Å². The largest absolute Gasteiger partial charge is 0.465 e. The van der Waals surface area contributed by atoms with Crippen molar-refractivity contribution < 1.29 is 14.6 Å². The van der Waals surface area contributed by atoms with E-state index in [1.807, 2.05) is 18.2 Å². The summed E-state index contributed by atoms with van der Waals surface area (Å²) in [5.41, 5.74) is 1.19. The van der Waals surface area contributed by atoms with E-state index in [1.54, 1.807) is 0 Å². The number of hydrogen-bond acceptors (Lipinski definition) is 2. The Bertz CT molecular complexity index is 394. The van der Waals surface area contributed by atoms with Gasteiger partial charge in [-0.25, -0.2) is 4.79 Å². The minimum absolute atomic E-state index is 0.511. The smallest absolute Gasteiger partial charge is 0.407 e. The number of amides is 1. The summed E-state index contributed by atoms with van der Waals surface area (Å²) >= 11 is 0. The molecule has 1 aromatic rings. The van der Waals surface area contributed by atoms with Crippen LogP contribution in [0.5, 0.6) is 0 Å². The van der Waals surface area contributed by atoms with Crippen molar-refractivity contribution in [3.8, 4) is 0 Å². The first kappa shape index (κ1) is 13.9. The molecule has 104 valence electrons. The molecule has 4 nitrogen and oxygen atoms in total. The maximum absolute atomic E-state index is 10.8. The molecule has 1 aliphatic heterocycles. The van der Waals surface area contributed by atoms with Crippen molar-refractivity contribution in [3.63, 3.8) is 0 Å². The molecule has 1 aliphatic rings. The lowest BCUT2D eigenvalue weighted by atomic mass is 10.0. The van der Waals surface area contributed by atoms with Gasteiger partial charge in [0.15, 0.2) is 0 Å². The number of rotatable bonds is 6. The molecule has 1 saturated heterocycles. The lowest BCUT2D eigenvalue weighted by Gasteiger charge is -2.12. The molecular weight excluding hydrogens is 242 g/mol. The van der Waals surface area contributed by atoms with Crippen molar-refractivity contribution in [2.24, 2.45) is 5.92 Å². The van der Waals surface area contributed by atoms with Crippen molar-refractivity contribution in [1.82, 2.24) is 4.90 Å². The Morgan fingerprint density at radius 3 is 2.84 bits per heavy atom. The average Bonchev–Trinajstić information content (AvgIpc) is 2.89. The number of nitrogens with zero attached hydrogens (tertiary/aromatic N) is 1. The van der Waals surface area contributed by atoms with Gasteiger partial charge in [-0.3, -0.25) is 0 Å². The lowest BCUT2D eigenvalue weighted by Crippen LogP contribution is -2.26. The molecule has 0 saturated carbocycles. The molecule has 1 fully saturated rings. The summed E-state index contributed by atoms with van der Waals surface area (Å²) in [6.07, 6.45) is 2.26. The molecule has 0 aromatic heterocycles. The van der Waals surface area contributed by atoms with Crippen molar-refractivity contribution in [2.75, 3.05) is 19.7 Å². The molecule has 4 heteroatoms. The predicted octanol–water partition coefficient (Wildman–Crippen LogP) is 2.98. The predicted molar refractivity (Wildman–Crippen MR) is 73.0 cm³/mol. The molecule has 0 bridgehead atoms. The molecule has 19 heavy (non-hydrogen) atoms. The molecule has 1 aromatic carbocycles. The number of benzene rings is 1. The summed E-state index contributed by atoms with van der Waals surface area (Å²) in [5, 5.41) is 8.87. The van der Waals surface area contributed by atoms with E-state index in [2.05, 4.69) is 12.1 Å². The van der Waals surface area contributed by atoms with Gasteiger partial charge in [-0.05, 0) is 30.7 Å². The van der Waals surface area contributed by atoms with Gasteiger partial charge in [0.2, 0.25) is 0 Å². The number of carboxylic acid groups (broad SMARTS) is 1. The topological polar surface area (TPSA) is 49.8 Å². The molecular formula is C15H21NO3. The molecule has 0 aliphatic carbocycles. The van der Waals surface area contributed by atoms with Gasteiger partial charge in [-0.1, -0.05) is 30.3 Å². The van der Waals surface area contributed by atoms with Gasteiger partial charge in [-0.15, -0.1) is 0 Å². The van der Waals surface area contributed by atoms with E-state index < -0.39 is 6.09 Å². The van der Waals surface area contributed by atoms with E-state index in [1.165, 1.54) is 10.5 Å². The highest BCUT2D eigenvalue weighted by Gasteiger charge is 2.25. The van der Waals surface area contributed by atoms with Gasteiger partial charge < -0.3 is 14.7 Å². The summed E-state index contributed by atoms with van der Waals surface area (Å²) in [7, 11) is 0. The van der Waals surface area contributed by atoms with E-state index in [0.29, 0.717) is 25.6 Å². The van der Waals surface area contributed by atoms with E-state index in [9.17, 15) is 4.79 Å². The van der Waals surface area contributed by atoms with Crippen LogP contribution < -0.4 is 0 Å². The second-order valence-electron chi connectivity index (χ2n) is 5.06. The first-order chi connectivity index (χ1) is 9.25.